The maximum atomic E-state index is 13.5. The lowest BCUT2D eigenvalue weighted by Gasteiger charge is -2.25. The van der Waals surface area contributed by atoms with E-state index >= 15 is 0 Å². The quantitative estimate of drug-likeness (QED) is 0.650. The molecule has 0 fully saturated rings. The second-order valence-electron chi connectivity index (χ2n) is 5.52. The van der Waals surface area contributed by atoms with Gasteiger partial charge in [0, 0.05) is 12.6 Å². The Bertz CT molecular complexity index is 786. The monoisotopic (exact) mass is 328 g/mol. The van der Waals surface area contributed by atoms with E-state index in [9.17, 15) is 14.5 Å². The summed E-state index contributed by atoms with van der Waals surface area (Å²) in [6.45, 7) is 0.326. The van der Waals surface area contributed by atoms with E-state index in [1.165, 1.54) is 30.3 Å². The van der Waals surface area contributed by atoms with Crippen molar-refractivity contribution in [2.75, 3.05) is 26.0 Å². The average Bonchev–Trinajstić information content (AvgIpc) is 2.54. The second kappa shape index (κ2) is 7.53. The summed E-state index contributed by atoms with van der Waals surface area (Å²) in [5.74, 6) is -0.336. The fourth-order valence-electron chi connectivity index (χ4n) is 2.43. The molecule has 0 aliphatic carbocycles. The van der Waals surface area contributed by atoms with Gasteiger partial charge in [0.05, 0.1) is 22.6 Å². The van der Waals surface area contributed by atoms with Crippen LogP contribution in [0.2, 0.25) is 0 Å². The predicted molar refractivity (Wildman–Crippen MR) is 89.1 cm³/mol. The van der Waals surface area contributed by atoms with Crippen molar-refractivity contribution in [1.29, 1.82) is 5.26 Å². The normalized spacial score (nSPS) is 11.8. The van der Waals surface area contributed by atoms with Crippen LogP contribution in [0, 0.1) is 27.3 Å². The second-order valence-corrected chi connectivity index (χ2v) is 5.52. The Balaban J connectivity index is 2.27. The number of halogens is 1. The summed E-state index contributed by atoms with van der Waals surface area (Å²) in [4.78, 5) is 12.5. The molecule has 0 heterocycles. The van der Waals surface area contributed by atoms with Crippen molar-refractivity contribution in [2.24, 2.45) is 0 Å². The van der Waals surface area contributed by atoms with Crippen LogP contribution in [0.25, 0.3) is 0 Å². The van der Waals surface area contributed by atoms with Gasteiger partial charge in [0.2, 0.25) is 0 Å². The van der Waals surface area contributed by atoms with Crippen LogP contribution in [0.3, 0.4) is 0 Å². The van der Waals surface area contributed by atoms with Gasteiger partial charge in [-0.3, -0.25) is 10.1 Å². The summed E-state index contributed by atoms with van der Waals surface area (Å²) in [6.07, 6.45) is 0. The minimum Gasteiger partial charge on any atom is -0.378 e. The predicted octanol–water partition coefficient (Wildman–Crippen LogP) is 3.32. The van der Waals surface area contributed by atoms with Crippen molar-refractivity contribution in [3.05, 3.63) is 69.5 Å². The summed E-state index contributed by atoms with van der Waals surface area (Å²) in [7, 11) is 3.69. The van der Waals surface area contributed by atoms with Crippen LogP contribution in [-0.4, -0.2) is 30.5 Å². The van der Waals surface area contributed by atoms with Crippen LogP contribution in [0.5, 0.6) is 0 Å². The molecule has 124 valence electrons. The zero-order chi connectivity index (χ0) is 17.7. The fourth-order valence-corrected chi connectivity index (χ4v) is 2.43. The first kappa shape index (κ1) is 17.4. The summed E-state index contributed by atoms with van der Waals surface area (Å²) < 4.78 is 13.5. The van der Waals surface area contributed by atoms with Gasteiger partial charge in [-0.25, -0.2) is 4.39 Å². The molecule has 6 nitrogen and oxygen atoms in total. The van der Waals surface area contributed by atoms with Gasteiger partial charge in [-0.2, -0.15) is 5.26 Å². The standard InChI is InChI=1S/C17H17FN4O2/c1-21(2)17(13-4-3-5-14(18)9-13)11-20-15-8-12(10-19)6-7-16(15)22(23)24/h3-9,17,20H,11H2,1-2H3. The Kier molecular flexibility index (Phi) is 5.45. The lowest BCUT2D eigenvalue weighted by atomic mass is 10.1. The number of anilines is 1. The zero-order valence-corrected chi connectivity index (χ0v) is 13.4. The van der Waals surface area contributed by atoms with E-state index in [4.69, 9.17) is 5.26 Å². The number of nitrogens with one attached hydrogen (secondary N) is 1. The van der Waals surface area contributed by atoms with Gasteiger partial charge < -0.3 is 10.2 Å². The van der Waals surface area contributed by atoms with Gasteiger partial charge in [-0.05, 0) is 43.9 Å². The molecule has 0 saturated carbocycles. The van der Waals surface area contributed by atoms with Gasteiger partial charge in [0.15, 0.2) is 0 Å². The molecule has 2 rings (SSSR count). The van der Waals surface area contributed by atoms with Crippen molar-refractivity contribution < 1.29 is 9.31 Å². The van der Waals surface area contributed by atoms with Gasteiger partial charge >= 0.3 is 0 Å². The van der Waals surface area contributed by atoms with Crippen LogP contribution < -0.4 is 5.32 Å². The molecule has 0 aliphatic rings. The minimum absolute atomic E-state index is 0.106. The number of likely N-dealkylation sites (N-methyl/N-ethyl adjacent to an activating group) is 1. The summed E-state index contributed by atoms with van der Waals surface area (Å²) in [6, 6.07) is 12.1. The van der Waals surface area contributed by atoms with Crippen molar-refractivity contribution in [3.63, 3.8) is 0 Å². The highest BCUT2D eigenvalue weighted by atomic mass is 19.1. The molecule has 24 heavy (non-hydrogen) atoms. The molecule has 0 saturated heterocycles. The Morgan fingerprint density at radius 1 is 1.33 bits per heavy atom. The molecule has 0 spiro atoms. The Morgan fingerprint density at radius 3 is 2.67 bits per heavy atom. The lowest BCUT2D eigenvalue weighted by Crippen LogP contribution is -2.27. The summed E-state index contributed by atoms with van der Waals surface area (Å²) >= 11 is 0. The molecule has 0 radical (unpaired) electrons. The molecular weight excluding hydrogens is 311 g/mol. The number of nitro groups is 1. The number of benzene rings is 2. The number of hydrogen-bond acceptors (Lipinski definition) is 5. The van der Waals surface area contributed by atoms with Gasteiger partial charge in [-0.1, -0.05) is 12.1 Å². The van der Waals surface area contributed by atoms with Crippen LogP contribution in [0.15, 0.2) is 42.5 Å². The highest BCUT2D eigenvalue weighted by molar-refractivity contribution is 5.64. The van der Waals surface area contributed by atoms with Crippen molar-refractivity contribution >= 4 is 11.4 Å². The van der Waals surface area contributed by atoms with E-state index in [1.807, 2.05) is 25.1 Å². The average molecular weight is 328 g/mol. The van der Waals surface area contributed by atoms with E-state index in [1.54, 1.807) is 12.1 Å². The first-order valence-electron chi connectivity index (χ1n) is 7.26. The summed E-state index contributed by atoms with van der Waals surface area (Å²) in [5.41, 5.74) is 1.25. The lowest BCUT2D eigenvalue weighted by molar-refractivity contribution is -0.384. The molecule has 1 atom stereocenters. The van der Waals surface area contributed by atoms with Crippen LogP contribution in [0.1, 0.15) is 17.2 Å². The molecule has 1 unspecified atom stereocenters. The minimum atomic E-state index is -0.504. The SMILES string of the molecule is CN(C)C(CNc1cc(C#N)ccc1[N+](=O)[O-])c1cccc(F)c1. The molecule has 0 aliphatic heterocycles. The Morgan fingerprint density at radius 2 is 2.08 bits per heavy atom. The molecule has 2 aromatic carbocycles. The first-order chi connectivity index (χ1) is 11.4. The van der Waals surface area contributed by atoms with Gasteiger partial charge in [-0.15, -0.1) is 0 Å². The maximum Gasteiger partial charge on any atom is 0.292 e. The number of nitriles is 1. The molecular formula is C17H17FN4O2. The van der Waals surface area contributed by atoms with Crippen LogP contribution in [-0.2, 0) is 0 Å². The summed E-state index contributed by atoms with van der Waals surface area (Å²) in [5, 5.41) is 23.1. The topological polar surface area (TPSA) is 82.2 Å². The van der Waals surface area contributed by atoms with Crippen molar-refractivity contribution in [3.8, 4) is 6.07 Å². The van der Waals surface area contributed by atoms with Gasteiger partial charge in [0.1, 0.15) is 11.5 Å². The Hall–Kier alpha value is -2.98. The van der Waals surface area contributed by atoms with Crippen LogP contribution in [0.4, 0.5) is 15.8 Å². The third-order valence-corrected chi connectivity index (χ3v) is 3.67. The van der Waals surface area contributed by atoms with E-state index in [0.717, 1.165) is 5.56 Å². The van der Waals surface area contributed by atoms with E-state index < -0.39 is 4.92 Å². The van der Waals surface area contributed by atoms with E-state index in [2.05, 4.69) is 5.32 Å². The zero-order valence-electron chi connectivity index (χ0n) is 13.4. The van der Waals surface area contributed by atoms with Crippen LogP contribution >= 0.6 is 0 Å². The number of rotatable bonds is 6. The van der Waals surface area contributed by atoms with E-state index in [-0.39, 0.29) is 23.2 Å². The maximum absolute atomic E-state index is 13.5. The van der Waals surface area contributed by atoms with Crippen molar-refractivity contribution in [2.45, 2.75) is 6.04 Å². The third kappa shape index (κ3) is 4.06. The van der Waals surface area contributed by atoms with Crippen molar-refractivity contribution in [1.82, 2.24) is 4.90 Å². The highest BCUT2D eigenvalue weighted by Crippen LogP contribution is 2.27. The number of hydrogen-bond donors (Lipinski definition) is 1. The molecule has 0 aromatic heterocycles. The Labute approximate surface area is 139 Å². The smallest absolute Gasteiger partial charge is 0.292 e. The first-order valence-corrected chi connectivity index (χ1v) is 7.26. The molecule has 1 N–H and O–H groups in total. The van der Waals surface area contributed by atoms with Gasteiger partial charge in [0.25, 0.3) is 5.69 Å². The molecule has 7 heteroatoms. The largest absolute Gasteiger partial charge is 0.378 e. The fraction of sp³-hybridized carbons (Fsp3) is 0.235. The third-order valence-electron chi connectivity index (χ3n) is 3.67. The molecule has 0 bridgehead atoms. The number of nitro benzene ring substituents is 1. The van der Waals surface area contributed by atoms with E-state index in [0.29, 0.717) is 12.1 Å². The molecule has 0 amide bonds. The highest BCUT2D eigenvalue weighted by Gasteiger charge is 2.18. The molecule has 2 aromatic rings. The number of nitrogens with zero attached hydrogens (tertiary/aromatic N) is 3.